The van der Waals surface area contributed by atoms with Crippen LogP contribution in [0.1, 0.15) is 48.2 Å². The number of amidine groups is 2. The summed E-state index contributed by atoms with van der Waals surface area (Å²) in [5, 5.41) is 15.4. The van der Waals surface area contributed by atoms with Crippen LogP contribution in [0.15, 0.2) is 46.0 Å². The van der Waals surface area contributed by atoms with Crippen molar-refractivity contribution >= 4 is 45.7 Å². The lowest BCUT2D eigenvalue weighted by atomic mass is 10.1. The van der Waals surface area contributed by atoms with Crippen molar-refractivity contribution < 1.29 is 9.59 Å². The molecule has 1 fully saturated rings. The number of thioether (sulfide) groups is 1. The van der Waals surface area contributed by atoms with Crippen molar-refractivity contribution in [1.82, 2.24) is 14.5 Å². The number of likely N-dealkylation sites (tertiary alicyclic amines) is 1. The molecule has 35 heavy (non-hydrogen) atoms. The highest BCUT2D eigenvalue weighted by molar-refractivity contribution is 8.27. The second-order valence-corrected chi connectivity index (χ2v) is 10.2. The van der Waals surface area contributed by atoms with Crippen LogP contribution >= 0.6 is 11.8 Å². The number of aliphatic imine (C=N–C) groups is 1. The first-order valence-corrected chi connectivity index (χ1v) is 12.7. The maximum absolute atomic E-state index is 12.9. The van der Waals surface area contributed by atoms with Gasteiger partial charge in [0.15, 0.2) is 5.84 Å². The van der Waals surface area contributed by atoms with Crippen molar-refractivity contribution in [3.05, 3.63) is 58.4 Å². The minimum absolute atomic E-state index is 0.0201. The number of carbonyl (C=O) groups is 2. The Bertz CT molecular complexity index is 1330. The monoisotopic (exact) mass is 488 g/mol. The summed E-state index contributed by atoms with van der Waals surface area (Å²) in [6.07, 6.45) is 5.10. The topological polar surface area (TPSA) is 94.1 Å². The molecule has 3 aliphatic heterocycles. The molecule has 2 amide bonds. The third-order valence-corrected chi connectivity index (χ3v) is 7.45. The number of hydrogen-bond acceptors (Lipinski definition) is 5. The summed E-state index contributed by atoms with van der Waals surface area (Å²) in [5.74, 6) is -0.449. The highest BCUT2D eigenvalue weighted by Gasteiger charge is 2.36. The van der Waals surface area contributed by atoms with E-state index in [0.717, 1.165) is 55.0 Å². The van der Waals surface area contributed by atoms with Crippen LogP contribution in [0.5, 0.6) is 0 Å². The Balaban J connectivity index is 1.40. The molecular weight excluding hydrogens is 460 g/mol. The number of aryl methyl sites for hydroxylation is 2. The standard InChI is InChI=1S/C26H28N6O2S/c1-16-8-7-9-20(12-16)31-17(2)13-19(18(31)3)14-21-24(27)32-26(28-25(21)34)35-22(29-32)15-23(33)30-10-5-4-6-11-30/h7-9,12-14,27H,4-6,10-11,15H2,1-3H3/b21-14-,27-24?. The van der Waals surface area contributed by atoms with Crippen molar-refractivity contribution in [2.24, 2.45) is 10.1 Å². The van der Waals surface area contributed by atoms with Crippen LogP contribution in [0, 0.1) is 26.2 Å². The Hall–Kier alpha value is -3.46. The third kappa shape index (κ3) is 4.48. The summed E-state index contributed by atoms with van der Waals surface area (Å²) in [5.41, 5.74) is 5.27. The molecule has 1 aromatic heterocycles. The number of nitrogens with one attached hydrogen (secondary N) is 1. The molecular formula is C26H28N6O2S. The van der Waals surface area contributed by atoms with Crippen LogP contribution in [-0.2, 0) is 9.59 Å². The molecule has 0 saturated carbocycles. The lowest BCUT2D eigenvalue weighted by Gasteiger charge is -2.26. The van der Waals surface area contributed by atoms with Crippen LogP contribution in [0.3, 0.4) is 0 Å². The summed E-state index contributed by atoms with van der Waals surface area (Å²) in [6, 6.07) is 10.3. The van der Waals surface area contributed by atoms with Gasteiger partial charge in [0.25, 0.3) is 5.91 Å². The summed E-state index contributed by atoms with van der Waals surface area (Å²) < 4.78 is 2.14. The van der Waals surface area contributed by atoms with E-state index in [4.69, 9.17) is 5.41 Å². The summed E-state index contributed by atoms with van der Waals surface area (Å²) in [6.45, 7) is 7.64. The first-order chi connectivity index (χ1) is 16.8. The largest absolute Gasteiger partial charge is 0.342 e. The second-order valence-electron chi connectivity index (χ2n) is 9.13. The molecule has 5 rings (SSSR count). The molecule has 3 aliphatic rings. The second kappa shape index (κ2) is 9.30. The zero-order chi connectivity index (χ0) is 24.7. The molecule has 0 atom stereocenters. The Kier molecular flexibility index (Phi) is 6.19. The number of piperidine rings is 1. The van der Waals surface area contributed by atoms with Crippen molar-refractivity contribution in [3.8, 4) is 5.69 Å². The normalized spacial score (nSPS) is 19.2. The van der Waals surface area contributed by atoms with E-state index >= 15 is 0 Å². The van der Waals surface area contributed by atoms with Gasteiger partial charge in [0, 0.05) is 30.2 Å². The molecule has 0 radical (unpaired) electrons. The van der Waals surface area contributed by atoms with Crippen LogP contribution < -0.4 is 0 Å². The Morgan fingerprint density at radius 3 is 2.66 bits per heavy atom. The van der Waals surface area contributed by atoms with Crippen LogP contribution in [0.25, 0.3) is 11.8 Å². The lowest BCUT2D eigenvalue weighted by molar-refractivity contribution is -0.130. The Morgan fingerprint density at radius 1 is 1.14 bits per heavy atom. The van der Waals surface area contributed by atoms with E-state index in [2.05, 4.69) is 39.8 Å². The average Bonchev–Trinajstić information content (AvgIpc) is 3.36. The number of rotatable bonds is 4. The van der Waals surface area contributed by atoms with E-state index in [1.165, 1.54) is 22.3 Å². The zero-order valence-electron chi connectivity index (χ0n) is 20.2. The molecule has 0 spiro atoms. The summed E-state index contributed by atoms with van der Waals surface area (Å²) >= 11 is 1.20. The maximum atomic E-state index is 12.9. The smallest absolute Gasteiger partial charge is 0.283 e. The molecule has 0 unspecified atom stereocenters. The predicted molar refractivity (Wildman–Crippen MR) is 140 cm³/mol. The number of benzene rings is 1. The van der Waals surface area contributed by atoms with Gasteiger partial charge in [-0.25, -0.2) is 0 Å². The molecule has 9 heteroatoms. The molecule has 1 saturated heterocycles. The fraction of sp³-hybridized carbons (Fsp3) is 0.346. The number of carbonyl (C=O) groups excluding carboxylic acids is 2. The van der Waals surface area contributed by atoms with Crippen LogP contribution in [-0.4, -0.2) is 55.4 Å². The van der Waals surface area contributed by atoms with Gasteiger partial charge in [0.05, 0.1) is 12.0 Å². The molecule has 1 aromatic carbocycles. The van der Waals surface area contributed by atoms with Crippen molar-refractivity contribution in [2.45, 2.75) is 46.5 Å². The first kappa shape index (κ1) is 23.3. The SMILES string of the molecule is Cc1cccc(-n2c(C)cc(/C=C3/C(=N)N4N=C(CC(=O)N5CCCCC5)SC4=NC3=O)c2C)c1. The molecule has 4 heterocycles. The maximum Gasteiger partial charge on any atom is 0.283 e. The molecule has 8 nitrogen and oxygen atoms in total. The van der Waals surface area contributed by atoms with Crippen molar-refractivity contribution in [2.75, 3.05) is 13.1 Å². The van der Waals surface area contributed by atoms with Gasteiger partial charge in [-0.2, -0.15) is 15.1 Å². The molecule has 1 N–H and O–H groups in total. The number of hydrazone groups is 1. The fourth-order valence-corrected chi connectivity index (χ4v) is 5.62. The van der Waals surface area contributed by atoms with E-state index < -0.39 is 5.91 Å². The van der Waals surface area contributed by atoms with Gasteiger partial charge in [0.1, 0.15) is 5.04 Å². The average molecular weight is 489 g/mol. The summed E-state index contributed by atoms with van der Waals surface area (Å²) in [7, 11) is 0. The van der Waals surface area contributed by atoms with E-state index in [0.29, 0.717) is 10.2 Å². The molecule has 0 aliphatic carbocycles. The lowest BCUT2D eigenvalue weighted by Crippen LogP contribution is -2.36. The van der Waals surface area contributed by atoms with Gasteiger partial charge in [-0.15, -0.1) is 0 Å². The van der Waals surface area contributed by atoms with E-state index in [-0.39, 0.29) is 23.7 Å². The molecule has 2 aromatic rings. The van der Waals surface area contributed by atoms with Gasteiger partial charge in [-0.3, -0.25) is 15.0 Å². The van der Waals surface area contributed by atoms with Gasteiger partial charge < -0.3 is 9.47 Å². The minimum Gasteiger partial charge on any atom is -0.342 e. The number of hydrogen-bond donors (Lipinski definition) is 1. The highest BCUT2D eigenvalue weighted by Crippen LogP contribution is 2.31. The van der Waals surface area contributed by atoms with Crippen molar-refractivity contribution in [1.29, 1.82) is 5.41 Å². The minimum atomic E-state index is -0.465. The Morgan fingerprint density at radius 2 is 1.91 bits per heavy atom. The van der Waals surface area contributed by atoms with Crippen molar-refractivity contribution in [3.63, 3.8) is 0 Å². The van der Waals surface area contributed by atoms with E-state index in [1.807, 2.05) is 30.9 Å². The van der Waals surface area contributed by atoms with E-state index in [9.17, 15) is 9.59 Å². The first-order valence-electron chi connectivity index (χ1n) is 11.8. The zero-order valence-corrected chi connectivity index (χ0v) is 21.0. The molecule has 0 bridgehead atoms. The fourth-order valence-electron chi connectivity index (χ4n) is 4.74. The quantitative estimate of drug-likeness (QED) is 0.645. The summed E-state index contributed by atoms with van der Waals surface area (Å²) in [4.78, 5) is 31.6. The van der Waals surface area contributed by atoms with Gasteiger partial charge >= 0.3 is 0 Å². The molecule has 180 valence electrons. The number of nitrogens with zero attached hydrogens (tertiary/aromatic N) is 5. The predicted octanol–water partition coefficient (Wildman–Crippen LogP) is 4.42. The van der Waals surface area contributed by atoms with Gasteiger partial charge in [0.2, 0.25) is 11.1 Å². The Labute approximate surface area is 208 Å². The third-order valence-electron chi connectivity index (χ3n) is 6.54. The van der Waals surface area contributed by atoms with Crippen LogP contribution in [0.4, 0.5) is 0 Å². The number of fused-ring (bicyclic) bond motifs is 1. The van der Waals surface area contributed by atoms with Crippen LogP contribution in [0.2, 0.25) is 0 Å². The van der Waals surface area contributed by atoms with Gasteiger partial charge in [-0.05, 0) is 87.2 Å². The number of aromatic nitrogens is 1. The highest BCUT2D eigenvalue weighted by atomic mass is 32.2. The number of amides is 2. The van der Waals surface area contributed by atoms with E-state index in [1.54, 1.807) is 6.08 Å². The van der Waals surface area contributed by atoms with Gasteiger partial charge in [-0.1, -0.05) is 12.1 Å².